The number of piperidine rings is 2. The average molecular weight is 440 g/mol. The van der Waals surface area contributed by atoms with Gasteiger partial charge in [-0.15, -0.1) is 0 Å². The van der Waals surface area contributed by atoms with Crippen LogP contribution in [-0.2, 0) is 14.9 Å². The van der Waals surface area contributed by atoms with E-state index >= 15 is 0 Å². The first-order valence-corrected chi connectivity index (χ1v) is 11.9. The molecule has 0 spiro atoms. The Hall–Kier alpha value is -1.68. The van der Waals surface area contributed by atoms with E-state index in [2.05, 4.69) is 0 Å². The van der Waals surface area contributed by atoms with E-state index in [-0.39, 0.29) is 12.0 Å². The van der Waals surface area contributed by atoms with Crippen LogP contribution in [0.3, 0.4) is 0 Å². The van der Waals surface area contributed by atoms with Gasteiger partial charge in [0.05, 0.1) is 6.61 Å². The van der Waals surface area contributed by atoms with Gasteiger partial charge in [-0.25, -0.2) is 0 Å². The van der Waals surface area contributed by atoms with E-state index in [4.69, 9.17) is 9.47 Å². The van der Waals surface area contributed by atoms with Gasteiger partial charge in [0.25, 0.3) is 16.1 Å². The van der Waals surface area contributed by atoms with Gasteiger partial charge in [0.1, 0.15) is 11.9 Å². The molecule has 30 heavy (non-hydrogen) atoms. The van der Waals surface area contributed by atoms with E-state index in [1.807, 2.05) is 29.2 Å². The molecule has 1 atom stereocenters. The number of ether oxygens (including phenoxy) is 2. The highest BCUT2D eigenvalue weighted by Crippen LogP contribution is 2.23. The van der Waals surface area contributed by atoms with E-state index < -0.39 is 10.2 Å². The summed E-state index contributed by atoms with van der Waals surface area (Å²) < 4.78 is 38.4. The first-order chi connectivity index (χ1) is 14.3. The molecule has 0 radical (unpaired) electrons. The quantitative estimate of drug-likeness (QED) is 0.648. The molecule has 1 amide bonds. The van der Waals surface area contributed by atoms with Crippen LogP contribution in [0.2, 0.25) is 0 Å². The van der Waals surface area contributed by atoms with Crippen molar-refractivity contribution in [3.8, 4) is 5.75 Å². The van der Waals surface area contributed by atoms with Gasteiger partial charge >= 0.3 is 0 Å². The molecule has 1 unspecified atom stereocenters. The SMILES string of the molecule is COCC1CCCN(C(=O)c2ccc(OC3CCN(S(=O)(=O)N(C)C)CC3)cc2)C1. The summed E-state index contributed by atoms with van der Waals surface area (Å²) in [4.78, 5) is 14.7. The first kappa shape index (κ1) is 23.0. The van der Waals surface area contributed by atoms with Crippen molar-refractivity contribution < 1.29 is 22.7 Å². The molecule has 2 aliphatic heterocycles. The minimum absolute atomic E-state index is 0.0305. The summed E-state index contributed by atoms with van der Waals surface area (Å²) >= 11 is 0. The Labute approximate surface area is 179 Å². The van der Waals surface area contributed by atoms with Gasteiger partial charge in [0.15, 0.2) is 0 Å². The molecule has 168 valence electrons. The molecule has 2 heterocycles. The molecule has 2 fully saturated rings. The third kappa shape index (κ3) is 5.51. The minimum Gasteiger partial charge on any atom is -0.490 e. The summed E-state index contributed by atoms with van der Waals surface area (Å²) in [7, 11) is 1.42. The summed E-state index contributed by atoms with van der Waals surface area (Å²) in [5.74, 6) is 1.15. The Morgan fingerprint density at radius 2 is 1.77 bits per heavy atom. The number of benzene rings is 1. The van der Waals surface area contributed by atoms with Gasteiger partial charge in [-0.05, 0) is 55.9 Å². The monoisotopic (exact) mass is 439 g/mol. The third-order valence-corrected chi connectivity index (χ3v) is 7.74. The Morgan fingerprint density at radius 1 is 1.10 bits per heavy atom. The normalized spacial score (nSPS) is 21.7. The third-order valence-electron chi connectivity index (χ3n) is 5.80. The first-order valence-electron chi connectivity index (χ1n) is 10.5. The lowest BCUT2D eigenvalue weighted by molar-refractivity contribution is 0.0571. The maximum Gasteiger partial charge on any atom is 0.281 e. The maximum atomic E-state index is 12.8. The lowest BCUT2D eigenvalue weighted by Gasteiger charge is -2.33. The van der Waals surface area contributed by atoms with E-state index in [9.17, 15) is 13.2 Å². The number of carbonyl (C=O) groups excluding carboxylic acids is 1. The summed E-state index contributed by atoms with van der Waals surface area (Å²) in [5.41, 5.74) is 0.660. The molecule has 2 saturated heterocycles. The zero-order chi connectivity index (χ0) is 21.7. The smallest absolute Gasteiger partial charge is 0.281 e. The van der Waals surface area contributed by atoms with Crippen LogP contribution >= 0.6 is 0 Å². The van der Waals surface area contributed by atoms with Crippen LogP contribution in [0.5, 0.6) is 5.75 Å². The van der Waals surface area contributed by atoms with Gasteiger partial charge in [0.2, 0.25) is 0 Å². The molecular weight excluding hydrogens is 406 g/mol. The number of hydrogen-bond acceptors (Lipinski definition) is 5. The van der Waals surface area contributed by atoms with Crippen molar-refractivity contribution >= 4 is 16.1 Å². The highest BCUT2D eigenvalue weighted by atomic mass is 32.2. The van der Waals surface area contributed by atoms with E-state index in [1.54, 1.807) is 21.2 Å². The Bertz CT molecular complexity index is 802. The topological polar surface area (TPSA) is 79.4 Å². The van der Waals surface area contributed by atoms with Crippen LogP contribution in [0.1, 0.15) is 36.0 Å². The summed E-state index contributed by atoms with van der Waals surface area (Å²) in [6.45, 7) is 3.09. The Morgan fingerprint density at radius 3 is 2.37 bits per heavy atom. The molecule has 1 aromatic rings. The van der Waals surface area contributed by atoms with Crippen LogP contribution in [0.15, 0.2) is 24.3 Å². The highest BCUT2D eigenvalue weighted by molar-refractivity contribution is 7.86. The fourth-order valence-corrected chi connectivity index (χ4v) is 5.22. The molecule has 9 heteroatoms. The summed E-state index contributed by atoms with van der Waals surface area (Å²) in [6, 6.07) is 7.27. The second-order valence-corrected chi connectivity index (χ2v) is 10.4. The summed E-state index contributed by atoms with van der Waals surface area (Å²) in [5, 5.41) is 0. The number of nitrogens with zero attached hydrogens (tertiary/aromatic N) is 3. The standard InChI is InChI=1S/C21H33N3O5S/c1-22(2)30(26,27)24-13-10-20(11-14-24)29-19-8-6-18(7-9-19)21(25)23-12-4-5-17(15-23)16-28-3/h6-9,17,20H,4-5,10-16H2,1-3H3. The fraction of sp³-hybridized carbons (Fsp3) is 0.667. The number of methoxy groups -OCH3 is 1. The van der Waals surface area contributed by atoms with Crippen LogP contribution in [0.4, 0.5) is 0 Å². The fourth-order valence-electron chi connectivity index (χ4n) is 4.08. The van der Waals surface area contributed by atoms with Crippen molar-refractivity contribution in [1.29, 1.82) is 0 Å². The maximum absolute atomic E-state index is 12.8. The Kier molecular flexibility index (Phi) is 7.73. The van der Waals surface area contributed by atoms with Crippen LogP contribution < -0.4 is 4.74 Å². The van der Waals surface area contributed by atoms with Crippen molar-refractivity contribution in [3.05, 3.63) is 29.8 Å². The predicted molar refractivity (Wildman–Crippen MR) is 115 cm³/mol. The molecule has 0 bridgehead atoms. The molecule has 1 aromatic carbocycles. The van der Waals surface area contributed by atoms with Crippen molar-refractivity contribution in [2.75, 3.05) is 54.0 Å². The Balaban J connectivity index is 1.52. The van der Waals surface area contributed by atoms with Crippen LogP contribution in [-0.4, -0.2) is 87.9 Å². The van der Waals surface area contributed by atoms with Gasteiger partial charge < -0.3 is 14.4 Å². The predicted octanol–water partition coefficient (Wildman–Crippen LogP) is 1.83. The number of rotatable bonds is 7. The highest BCUT2D eigenvalue weighted by Gasteiger charge is 2.30. The number of carbonyl (C=O) groups is 1. The zero-order valence-corrected chi connectivity index (χ0v) is 18.9. The van der Waals surface area contributed by atoms with Crippen LogP contribution in [0, 0.1) is 5.92 Å². The van der Waals surface area contributed by atoms with Crippen molar-refractivity contribution in [3.63, 3.8) is 0 Å². The molecule has 2 aliphatic rings. The van der Waals surface area contributed by atoms with E-state index in [0.29, 0.717) is 49.8 Å². The largest absolute Gasteiger partial charge is 0.490 e. The lowest BCUT2D eigenvalue weighted by Crippen LogP contribution is -2.46. The van der Waals surface area contributed by atoms with Gasteiger partial charge in [-0.1, -0.05) is 0 Å². The molecule has 0 aliphatic carbocycles. The molecule has 0 N–H and O–H groups in total. The summed E-state index contributed by atoms with van der Waals surface area (Å²) in [6.07, 6.45) is 3.35. The number of hydrogen-bond donors (Lipinski definition) is 0. The van der Waals surface area contributed by atoms with E-state index in [1.165, 1.54) is 8.61 Å². The van der Waals surface area contributed by atoms with Crippen LogP contribution in [0.25, 0.3) is 0 Å². The number of likely N-dealkylation sites (tertiary alicyclic amines) is 1. The number of amides is 1. The molecule has 8 nitrogen and oxygen atoms in total. The van der Waals surface area contributed by atoms with Gasteiger partial charge in [0, 0.05) is 52.9 Å². The van der Waals surface area contributed by atoms with Crippen molar-refractivity contribution in [2.24, 2.45) is 5.92 Å². The zero-order valence-electron chi connectivity index (χ0n) is 18.1. The van der Waals surface area contributed by atoms with Gasteiger partial charge in [-0.3, -0.25) is 4.79 Å². The van der Waals surface area contributed by atoms with Crippen molar-refractivity contribution in [1.82, 2.24) is 13.5 Å². The molecule has 3 rings (SSSR count). The van der Waals surface area contributed by atoms with Gasteiger partial charge in [-0.2, -0.15) is 17.0 Å². The van der Waals surface area contributed by atoms with Crippen molar-refractivity contribution in [2.45, 2.75) is 31.8 Å². The molecular formula is C21H33N3O5S. The minimum atomic E-state index is -3.37. The lowest BCUT2D eigenvalue weighted by atomic mass is 9.98. The second kappa shape index (κ2) is 10.1. The van der Waals surface area contributed by atoms with E-state index in [0.717, 1.165) is 25.9 Å². The second-order valence-electron chi connectivity index (χ2n) is 8.25. The average Bonchev–Trinajstić information content (AvgIpc) is 2.74. The molecule has 0 aromatic heterocycles. The molecule has 0 saturated carbocycles.